The lowest BCUT2D eigenvalue weighted by Crippen LogP contribution is -2.57. The molecule has 1 amide bonds. The van der Waals surface area contributed by atoms with Crippen LogP contribution in [0.1, 0.15) is 34.6 Å². The number of amides is 1. The second-order valence-corrected chi connectivity index (χ2v) is 7.87. The molecule has 0 aliphatic carbocycles. The van der Waals surface area contributed by atoms with E-state index in [1.807, 2.05) is 24.3 Å². The molecule has 5 rings (SSSR count). The van der Waals surface area contributed by atoms with Crippen molar-refractivity contribution in [3.63, 3.8) is 0 Å². The summed E-state index contributed by atoms with van der Waals surface area (Å²) in [4.78, 5) is 18.2. The van der Waals surface area contributed by atoms with Gasteiger partial charge >= 0.3 is 0 Å². The summed E-state index contributed by atoms with van der Waals surface area (Å²) in [6.45, 7) is 3.32. The minimum Gasteiger partial charge on any atom is -0.354 e. The molecule has 4 nitrogen and oxygen atoms in total. The van der Waals surface area contributed by atoms with Crippen molar-refractivity contribution in [2.24, 2.45) is 5.92 Å². The quantitative estimate of drug-likeness (QED) is 0.852. The molecule has 25 heavy (non-hydrogen) atoms. The van der Waals surface area contributed by atoms with Crippen LogP contribution in [-0.2, 0) is 6.42 Å². The molecule has 1 atom stereocenters. The number of aromatic nitrogens is 1. The normalized spacial score (nSPS) is 25.1. The molecule has 2 bridgehead atoms. The lowest BCUT2D eigenvalue weighted by molar-refractivity contribution is 0.0618. The van der Waals surface area contributed by atoms with Gasteiger partial charge in [-0.1, -0.05) is 29.3 Å². The van der Waals surface area contributed by atoms with Gasteiger partial charge in [-0.15, -0.1) is 0 Å². The van der Waals surface area contributed by atoms with Gasteiger partial charge in [-0.2, -0.15) is 0 Å². The Kier molecular flexibility index (Phi) is 4.76. The topological polar surface area (TPSA) is 48.1 Å². The second kappa shape index (κ2) is 7.02. The smallest absolute Gasteiger partial charge is 0.267 e. The summed E-state index contributed by atoms with van der Waals surface area (Å²) >= 11 is 12.2. The third-order valence-corrected chi connectivity index (χ3v) is 5.95. The van der Waals surface area contributed by atoms with E-state index in [1.165, 1.54) is 25.9 Å². The molecule has 0 radical (unpaired) electrons. The predicted octanol–water partition coefficient (Wildman–Crippen LogP) is 3.74. The third-order valence-electron chi connectivity index (χ3n) is 5.36. The maximum Gasteiger partial charge on any atom is 0.267 e. The highest BCUT2D eigenvalue weighted by atomic mass is 35.5. The van der Waals surface area contributed by atoms with E-state index < -0.39 is 0 Å². The Labute approximate surface area is 157 Å². The highest BCUT2D eigenvalue weighted by molar-refractivity contribution is 6.35. The molecule has 3 aliphatic heterocycles. The fourth-order valence-corrected chi connectivity index (χ4v) is 4.40. The van der Waals surface area contributed by atoms with Crippen LogP contribution in [-0.4, -0.2) is 41.5 Å². The molecule has 0 saturated carbocycles. The first-order valence-electron chi connectivity index (χ1n) is 8.73. The molecule has 1 aromatic heterocycles. The Morgan fingerprint density at radius 3 is 2.68 bits per heavy atom. The van der Waals surface area contributed by atoms with Gasteiger partial charge in [0.25, 0.3) is 5.91 Å². The number of rotatable bonds is 4. The molecule has 2 aromatic rings. The van der Waals surface area contributed by atoms with Gasteiger partial charge in [-0.05, 0) is 61.7 Å². The molecular weight excluding hydrogens is 357 g/mol. The average Bonchev–Trinajstić information content (AvgIpc) is 3.07. The zero-order valence-electron chi connectivity index (χ0n) is 13.9. The van der Waals surface area contributed by atoms with Crippen LogP contribution in [0.2, 0.25) is 10.0 Å². The molecule has 6 heteroatoms. The van der Waals surface area contributed by atoms with Crippen LogP contribution in [0.5, 0.6) is 0 Å². The van der Waals surface area contributed by atoms with Gasteiger partial charge in [0.2, 0.25) is 0 Å². The summed E-state index contributed by atoms with van der Waals surface area (Å²) in [6, 6.07) is 9.53. The summed E-state index contributed by atoms with van der Waals surface area (Å²) in [7, 11) is 0. The summed E-state index contributed by atoms with van der Waals surface area (Å²) in [6.07, 6.45) is 3.02. The number of hydrogen-bond acceptors (Lipinski definition) is 2. The van der Waals surface area contributed by atoms with E-state index in [2.05, 4.69) is 15.2 Å². The van der Waals surface area contributed by atoms with Crippen LogP contribution in [0.3, 0.4) is 0 Å². The standard InChI is InChI=1S/C19H21Cl2N3O/c20-14-2-1-13(16(21)10-14)9-15-3-4-17(22-15)19(25)23-18-11-24-7-5-12(18)6-8-24/h1-4,10,12,18,22H,5-9,11H2,(H,23,25)/t18-/m0/s1. The summed E-state index contributed by atoms with van der Waals surface area (Å²) < 4.78 is 0. The molecule has 0 unspecified atom stereocenters. The Bertz CT molecular complexity index is 781. The molecule has 1 aromatic carbocycles. The number of carbonyl (C=O) groups excluding carboxylic acids is 1. The van der Waals surface area contributed by atoms with E-state index in [0.29, 0.717) is 28.1 Å². The Balaban J connectivity index is 1.41. The lowest BCUT2D eigenvalue weighted by Gasteiger charge is -2.44. The molecule has 0 spiro atoms. The predicted molar refractivity (Wildman–Crippen MR) is 100 cm³/mol. The average molecular weight is 378 g/mol. The molecule has 3 aliphatic rings. The number of fused-ring (bicyclic) bond motifs is 3. The van der Waals surface area contributed by atoms with Crippen LogP contribution in [0.4, 0.5) is 0 Å². The van der Waals surface area contributed by atoms with Crippen LogP contribution < -0.4 is 5.32 Å². The number of piperidine rings is 3. The summed E-state index contributed by atoms with van der Waals surface area (Å²) in [5, 5.41) is 4.47. The van der Waals surface area contributed by atoms with Crippen LogP contribution in [0.25, 0.3) is 0 Å². The summed E-state index contributed by atoms with van der Waals surface area (Å²) in [5.74, 6) is 0.600. The van der Waals surface area contributed by atoms with Gasteiger partial charge in [0.1, 0.15) is 5.69 Å². The molecule has 2 N–H and O–H groups in total. The largest absolute Gasteiger partial charge is 0.354 e. The monoisotopic (exact) mass is 377 g/mol. The van der Waals surface area contributed by atoms with Crippen molar-refractivity contribution in [1.82, 2.24) is 15.2 Å². The van der Waals surface area contributed by atoms with Crippen LogP contribution >= 0.6 is 23.2 Å². The minimum absolute atomic E-state index is 0.0211. The van der Waals surface area contributed by atoms with Gasteiger partial charge in [0.05, 0.1) is 0 Å². The maximum atomic E-state index is 12.6. The number of nitrogens with zero attached hydrogens (tertiary/aromatic N) is 1. The molecule has 3 fully saturated rings. The number of carbonyl (C=O) groups is 1. The van der Waals surface area contributed by atoms with Gasteiger partial charge in [0, 0.05) is 34.7 Å². The van der Waals surface area contributed by atoms with Crippen LogP contribution in [0, 0.1) is 5.92 Å². The molecule has 132 valence electrons. The Morgan fingerprint density at radius 2 is 2.00 bits per heavy atom. The van der Waals surface area contributed by atoms with Crippen molar-refractivity contribution in [2.45, 2.75) is 25.3 Å². The second-order valence-electron chi connectivity index (χ2n) is 7.03. The first kappa shape index (κ1) is 17.0. The van der Waals surface area contributed by atoms with Gasteiger partial charge in [-0.3, -0.25) is 4.79 Å². The van der Waals surface area contributed by atoms with E-state index in [-0.39, 0.29) is 11.9 Å². The SMILES string of the molecule is O=C(N[C@H]1CN2CCC1CC2)c1ccc(Cc2ccc(Cl)cc2Cl)[nH]1. The van der Waals surface area contributed by atoms with Crippen molar-refractivity contribution < 1.29 is 4.79 Å². The fraction of sp³-hybridized carbons (Fsp3) is 0.421. The Hall–Kier alpha value is -1.49. The van der Waals surface area contributed by atoms with E-state index in [1.54, 1.807) is 6.07 Å². The Morgan fingerprint density at radius 1 is 1.20 bits per heavy atom. The highest BCUT2D eigenvalue weighted by Gasteiger charge is 2.35. The van der Waals surface area contributed by atoms with Gasteiger partial charge in [0.15, 0.2) is 0 Å². The zero-order valence-corrected chi connectivity index (χ0v) is 15.4. The van der Waals surface area contributed by atoms with E-state index in [9.17, 15) is 4.79 Å². The van der Waals surface area contributed by atoms with Gasteiger partial charge in [-0.25, -0.2) is 0 Å². The first-order valence-corrected chi connectivity index (χ1v) is 9.49. The number of benzene rings is 1. The number of aromatic amines is 1. The number of H-pyrrole nitrogens is 1. The molecule has 3 saturated heterocycles. The van der Waals surface area contributed by atoms with Crippen molar-refractivity contribution in [3.8, 4) is 0 Å². The van der Waals surface area contributed by atoms with Crippen molar-refractivity contribution in [3.05, 3.63) is 57.3 Å². The zero-order chi connectivity index (χ0) is 17.4. The molecular formula is C19H21Cl2N3O. The first-order chi connectivity index (χ1) is 12.1. The van der Waals surface area contributed by atoms with E-state index in [4.69, 9.17) is 23.2 Å². The van der Waals surface area contributed by atoms with E-state index in [0.717, 1.165) is 17.8 Å². The number of nitrogens with one attached hydrogen (secondary N) is 2. The number of hydrogen-bond donors (Lipinski definition) is 2. The van der Waals surface area contributed by atoms with Crippen molar-refractivity contribution in [1.29, 1.82) is 0 Å². The van der Waals surface area contributed by atoms with Crippen molar-refractivity contribution >= 4 is 29.1 Å². The minimum atomic E-state index is -0.0211. The number of halogens is 2. The highest BCUT2D eigenvalue weighted by Crippen LogP contribution is 2.28. The van der Waals surface area contributed by atoms with E-state index >= 15 is 0 Å². The van der Waals surface area contributed by atoms with Crippen molar-refractivity contribution in [2.75, 3.05) is 19.6 Å². The fourth-order valence-electron chi connectivity index (χ4n) is 3.92. The molecule has 4 heterocycles. The lowest BCUT2D eigenvalue weighted by atomic mass is 9.84. The maximum absolute atomic E-state index is 12.6. The van der Waals surface area contributed by atoms with Crippen LogP contribution in [0.15, 0.2) is 30.3 Å². The third kappa shape index (κ3) is 3.71. The van der Waals surface area contributed by atoms with Gasteiger partial charge < -0.3 is 15.2 Å². The summed E-state index contributed by atoms with van der Waals surface area (Å²) in [5.41, 5.74) is 2.55.